The van der Waals surface area contributed by atoms with Gasteiger partial charge >= 0.3 is 7.05 Å². The van der Waals surface area contributed by atoms with Gasteiger partial charge in [-0.2, -0.15) is 5.10 Å². The number of hydrogen-bond donors (Lipinski definition) is 4. The first kappa shape index (κ1) is 16.4. The smallest absolute Gasteiger partial charge is 0.428 e. The summed E-state index contributed by atoms with van der Waals surface area (Å²) in [6.07, 6.45) is 10.7. The normalized spacial score (nSPS) is 16.3. The number of H-pyrrole nitrogens is 1. The summed E-state index contributed by atoms with van der Waals surface area (Å²) in [5, 5.41) is 17.0. The number of nitrogens with one attached hydrogen (secondary N) is 3. The van der Waals surface area contributed by atoms with E-state index >= 15 is 0 Å². The number of nitrogens with zero attached hydrogens (tertiary/aromatic N) is 2. The molecule has 4 rings (SSSR count). The van der Waals surface area contributed by atoms with Crippen LogP contribution < -0.4 is 15.5 Å². The molecule has 2 aromatic heterocycles. The van der Waals surface area contributed by atoms with E-state index in [4.69, 9.17) is 0 Å². The van der Waals surface area contributed by atoms with Crippen molar-refractivity contribution in [3.05, 3.63) is 24.0 Å². The molecule has 0 amide bonds. The molecule has 23 heavy (non-hydrogen) atoms. The molecule has 0 atom stereocenters. The first-order valence-corrected chi connectivity index (χ1v) is 9.08. The monoisotopic (exact) mass is 331 g/mol. The zero-order valence-corrected chi connectivity index (χ0v) is 14.1. The largest absolute Gasteiger partial charge is 0.465 e. The third-order valence-electron chi connectivity index (χ3n) is 4.01. The second-order valence-electron chi connectivity index (χ2n) is 5.75. The Morgan fingerprint density at radius 1 is 1.48 bits per heavy atom. The van der Waals surface area contributed by atoms with Crippen LogP contribution in [0.1, 0.15) is 38.2 Å². The molecule has 1 fully saturated rings. The molecule has 0 saturated heterocycles. The van der Waals surface area contributed by atoms with E-state index < -0.39 is 7.05 Å². The maximum Gasteiger partial charge on any atom is 0.465 e. The third kappa shape index (κ3) is 3.88. The highest BCUT2D eigenvalue weighted by atomic mass is 32.2. The third-order valence-corrected chi connectivity index (χ3v) is 5.12. The van der Waals surface area contributed by atoms with Gasteiger partial charge in [0.1, 0.15) is 5.65 Å². The molecule has 0 radical (unpaired) electrons. The maximum absolute atomic E-state index is 9.58. The molecule has 2 aliphatic rings. The van der Waals surface area contributed by atoms with E-state index in [2.05, 4.69) is 32.1 Å². The van der Waals surface area contributed by atoms with Crippen LogP contribution in [0.25, 0.3) is 11.0 Å². The molecule has 1 aliphatic heterocycles. The van der Waals surface area contributed by atoms with Gasteiger partial charge < -0.3 is 15.3 Å². The van der Waals surface area contributed by atoms with Gasteiger partial charge in [-0.3, -0.25) is 4.72 Å². The molecular weight excluding hydrogens is 309 g/mol. The minimum absolute atomic E-state index is 0.757. The first-order chi connectivity index (χ1) is 11.3. The van der Waals surface area contributed by atoms with Gasteiger partial charge in [-0.25, -0.2) is 4.98 Å². The van der Waals surface area contributed by atoms with Crippen LogP contribution in [0, 0.1) is 0 Å². The summed E-state index contributed by atoms with van der Waals surface area (Å²) in [6.45, 7) is 2.22. The van der Waals surface area contributed by atoms with Crippen LogP contribution in [0.5, 0.6) is 0 Å². The van der Waals surface area contributed by atoms with Gasteiger partial charge in [0.05, 0.1) is 6.21 Å². The summed E-state index contributed by atoms with van der Waals surface area (Å²) in [5.74, 6) is 1.26. The van der Waals surface area contributed by atoms with E-state index in [1.807, 2.05) is 24.2 Å². The van der Waals surface area contributed by atoms with E-state index in [9.17, 15) is 5.02 Å². The Balaban J connectivity index is 0.000000151. The van der Waals surface area contributed by atoms with E-state index in [0.717, 1.165) is 28.1 Å². The standard InChI is InChI=1S/C8H7BN4O.C7H15NS/c14-9-7-4-11-8-5(1-2-10-8)6(7)3-12-13-9;1-2-6-9-8-7-4-3-5-7/h1-4,13-14H,(H,10,11);7-8H,2-6H2,1H3. The summed E-state index contributed by atoms with van der Waals surface area (Å²) in [5.41, 5.74) is 2.49. The molecule has 3 heterocycles. The Morgan fingerprint density at radius 2 is 2.35 bits per heavy atom. The summed E-state index contributed by atoms with van der Waals surface area (Å²) in [4.78, 5) is 7.20. The van der Waals surface area contributed by atoms with E-state index in [1.165, 1.54) is 31.4 Å². The molecule has 2 aromatic rings. The predicted octanol–water partition coefficient (Wildman–Crippen LogP) is 1.37. The van der Waals surface area contributed by atoms with E-state index in [0.29, 0.717) is 0 Å². The SMILES string of the molecule is CCCSNC1CCC1.OB1NN=Cc2c1cnc1[nH]ccc21. The van der Waals surface area contributed by atoms with Gasteiger partial charge in [0.2, 0.25) is 0 Å². The molecule has 4 N–H and O–H groups in total. The van der Waals surface area contributed by atoms with Crippen LogP contribution in [0.15, 0.2) is 23.6 Å². The average molecular weight is 331 g/mol. The van der Waals surface area contributed by atoms with Crippen molar-refractivity contribution in [2.24, 2.45) is 5.10 Å². The molecule has 6 nitrogen and oxygen atoms in total. The number of hydrogen-bond acceptors (Lipinski definition) is 6. The van der Waals surface area contributed by atoms with Crippen molar-refractivity contribution in [3.63, 3.8) is 0 Å². The molecule has 0 aromatic carbocycles. The lowest BCUT2D eigenvalue weighted by atomic mass is 9.72. The van der Waals surface area contributed by atoms with Crippen LogP contribution in [0.4, 0.5) is 0 Å². The molecule has 1 aliphatic carbocycles. The molecular formula is C15H22BN5OS. The van der Waals surface area contributed by atoms with Crippen molar-refractivity contribution in [2.75, 3.05) is 5.75 Å². The number of rotatable bonds is 4. The number of aromatic amines is 1. The fourth-order valence-electron chi connectivity index (χ4n) is 2.45. The lowest BCUT2D eigenvalue weighted by Gasteiger charge is -2.25. The zero-order valence-electron chi connectivity index (χ0n) is 13.2. The highest BCUT2D eigenvalue weighted by Gasteiger charge is 2.23. The highest BCUT2D eigenvalue weighted by molar-refractivity contribution is 7.97. The number of pyridine rings is 1. The lowest BCUT2D eigenvalue weighted by molar-refractivity contribution is 0.395. The molecule has 0 spiro atoms. The summed E-state index contributed by atoms with van der Waals surface area (Å²) < 4.78 is 3.44. The van der Waals surface area contributed by atoms with Gasteiger partial charge in [-0.05, 0) is 25.3 Å². The lowest BCUT2D eigenvalue weighted by Crippen LogP contribution is -2.47. The highest BCUT2D eigenvalue weighted by Crippen LogP contribution is 2.20. The molecule has 0 unspecified atom stereocenters. The number of hydrazone groups is 1. The Kier molecular flexibility index (Phi) is 5.58. The second-order valence-corrected chi connectivity index (χ2v) is 6.68. The number of aromatic nitrogens is 2. The average Bonchev–Trinajstić information content (AvgIpc) is 3.00. The molecule has 8 heteroatoms. The Labute approximate surface area is 140 Å². The quantitative estimate of drug-likeness (QED) is 0.386. The van der Waals surface area contributed by atoms with Crippen molar-refractivity contribution in [1.29, 1.82) is 0 Å². The summed E-state index contributed by atoms with van der Waals surface area (Å²) in [7, 11) is -0.762. The van der Waals surface area contributed by atoms with Gasteiger partial charge in [-0.1, -0.05) is 25.3 Å². The zero-order chi connectivity index (χ0) is 16.1. The molecule has 122 valence electrons. The fraction of sp³-hybridized carbons (Fsp3) is 0.467. The van der Waals surface area contributed by atoms with Crippen LogP contribution >= 0.6 is 11.9 Å². The first-order valence-electron chi connectivity index (χ1n) is 8.09. The predicted molar refractivity (Wildman–Crippen MR) is 98.0 cm³/mol. The van der Waals surface area contributed by atoms with Crippen molar-refractivity contribution in [2.45, 2.75) is 38.6 Å². The van der Waals surface area contributed by atoms with Gasteiger partial charge in [0.15, 0.2) is 0 Å². The Hall–Kier alpha value is -1.51. The van der Waals surface area contributed by atoms with E-state index in [1.54, 1.807) is 12.4 Å². The van der Waals surface area contributed by atoms with Crippen molar-refractivity contribution in [3.8, 4) is 0 Å². The topological polar surface area (TPSA) is 85.3 Å². The Bertz CT molecular complexity index is 673. The van der Waals surface area contributed by atoms with Crippen molar-refractivity contribution >= 4 is 41.7 Å². The maximum atomic E-state index is 9.58. The van der Waals surface area contributed by atoms with Crippen molar-refractivity contribution < 1.29 is 5.02 Å². The van der Waals surface area contributed by atoms with E-state index in [-0.39, 0.29) is 0 Å². The fourth-order valence-corrected chi connectivity index (χ4v) is 3.25. The summed E-state index contributed by atoms with van der Waals surface area (Å²) in [6, 6.07) is 2.77. The van der Waals surface area contributed by atoms with Crippen LogP contribution in [0.2, 0.25) is 0 Å². The summed E-state index contributed by atoms with van der Waals surface area (Å²) >= 11 is 1.89. The van der Waals surface area contributed by atoms with Crippen LogP contribution in [0.3, 0.4) is 0 Å². The second kappa shape index (κ2) is 7.85. The van der Waals surface area contributed by atoms with Gasteiger partial charge in [-0.15, -0.1) is 0 Å². The van der Waals surface area contributed by atoms with Gasteiger partial charge in [0.25, 0.3) is 0 Å². The van der Waals surface area contributed by atoms with Crippen molar-refractivity contribution in [1.82, 2.24) is 20.0 Å². The van der Waals surface area contributed by atoms with Crippen LogP contribution in [-0.4, -0.2) is 40.1 Å². The van der Waals surface area contributed by atoms with Gasteiger partial charge in [0, 0.05) is 40.6 Å². The Morgan fingerprint density at radius 3 is 3.09 bits per heavy atom. The minimum atomic E-state index is -0.762. The molecule has 1 saturated carbocycles. The van der Waals surface area contributed by atoms with Crippen LogP contribution in [-0.2, 0) is 0 Å². The minimum Gasteiger partial charge on any atom is -0.428 e. The molecule has 0 bridgehead atoms. The number of fused-ring (bicyclic) bond motifs is 3.